The molecule has 1 amide bonds. The summed E-state index contributed by atoms with van der Waals surface area (Å²) in [6.07, 6.45) is -0.590. The monoisotopic (exact) mass is 233 g/mol. The van der Waals surface area contributed by atoms with Gasteiger partial charge in [0.1, 0.15) is 0 Å². The highest BCUT2D eigenvalue weighted by atomic mass is 32.1. The van der Waals surface area contributed by atoms with Crippen molar-refractivity contribution in [3.05, 3.63) is 22.1 Å². The lowest BCUT2D eigenvalue weighted by Crippen LogP contribution is -2.25. The highest BCUT2D eigenvalue weighted by molar-refractivity contribution is 7.80. The summed E-state index contributed by atoms with van der Waals surface area (Å²) in [4.78, 5) is 21.6. The van der Waals surface area contributed by atoms with Gasteiger partial charge in [0, 0.05) is 12.3 Å². The van der Waals surface area contributed by atoms with E-state index in [2.05, 4.69) is 26.8 Å². The SMILES string of the molecule is Cc1oc(=O)oc1COC(=O)NCCS. The Bertz CT molecular complexity index is 383. The van der Waals surface area contributed by atoms with E-state index in [1.165, 1.54) is 0 Å². The van der Waals surface area contributed by atoms with Gasteiger partial charge in [-0.1, -0.05) is 0 Å². The lowest BCUT2D eigenvalue weighted by Gasteiger charge is -2.03. The second-order valence-electron chi connectivity index (χ2n) is 2.66. The second-order valence-corrected chi connectivity index (χ2v) is 3.11. The lowest BCUT2D eigenvalue weighted by molar-refractivity contribution is 0.131. The maximum atomic E-state index is 11.0. The Hall–Kier alpha value is -1.37. The number of nitrogens with one attached hydrogen (secondary N) is 1. The number of carbonyl (C=O) groups is 1. The molecule has 15 heavy (non-hydrogen) atoms. The van der Waals surface area contributed by atoms with Crippen molar-refractivity contribution in [1.29, 1.82) is 0 Å². The Morgan fingerprint density at radius 3 is 2.80 bits per heavy atom. The van der Waals surface area contributed by atoms with E-state index in [-0.39, 0.29) is 12.4 Å². The summed E-state index contributed by atoms with van der Waals surface area (Å²) < 4.78 is 14.0. The van der Waals surface area contributed by atoms with Gasteiger partial charge in [-0.25, -0.2) is 9.59 Å². The molecule has 84 valence electrons. The van der Waals surface area contributed by atoms with E-state index in [1.54, 1.807) is 6.92 Å². The van der Waals surface area contributed by atoms with Crippen LogP contribution in [0.4, 0.5) is 4.79 Å². The molecule has 0 bridgehead atoms. The van der Waals surface area contributed by atoms with Gasteiger partial charge in [0.2, 0.25) is 0 Å². The normalized spacial score (nSPS) is 10.0. The number of aryl methyl sites for hydroxylation is 1. The van der Waals surface area contributed by atoms with Crippen molar-refractivity contribution in [2.24, 2.45) is 0 Å². The van der Waals surface area contributed by atoms with E-state index in [9.17, 15) is 9.59 Å². The number of ether oxygens (including phenoxy) is 1. The quantitative estimate of drug-likeness (QED) is 0.748. The topological polar surface area (TPSA) is 81.7 Å². The average Bonchev–Trinajstić information content (AvgIpc) is 2.51. The number of amides is 1. The molecule has 7 heteroatoms. The Balaban J connectivity index is 2.40. The standard InChI is InChI=1S/C8H11NO5S/c1-5-6(14-8(11)13-5)4-12-7(10)9-2-3-15/h15H,2-4H2,1H3,(H,9,10). The van der Waals surface area contributed by atoms with Crippen LogP contribution in [0.25, 0.3) is 0 Å². The van der Waals surface area contributed by atoms with Crippen LogP contribution in [0.15, 0.2) is 13.6 Å². The zero-order chi connectivity index (χ0) is 11.3. The summed E-state index contributed by atoms with van der Waals surface area (Å²) in [6.45, 7) is 1.83. The van der Waals surface area contributed by atoms with E-state index in [0.717, 1.165) is 0 Å². The van der Waals surface area contributed by atoms with Gasteiger partial charge in [-0.2, -0.15) is 12.6 Å². The van der Waals surface area contributed by atoms with Crippen LogP contribution >= 0.6 is 12.6 Å². The summed E-state index contributed by atoms with van der Waals surface area (Å²) in [5.74, 6) is 0.236. The van der Waals surface area contributed by atoms with Crippen LogP contribution in [0.1, 0.15) is 11.5 Å². The first kappa shape index (κ1) is 11.7. The molecule has 1 heterocycles. The molecule has 0 saturated heterocycles. The van der Waals surface area contributed by atoms with E-state index >= 15 is 0 Å². The minimum atomic E-state index is -0.804. The average molecular weight is 233 g/mol. The molecule has 0 unspecified atom stereocenters. The van der Waals surface area contributed by atoms with Crippen molar-refractivity contribution in [2.45, 2.75) is 13.5 Å². The summed E-state index contributed by atoms with van der Waals surface area (Å²) >= 11 is 3.91. The molecule has 0 atom stereocenters. The Morgan fingerprint density at radius 1 is 1.53 bits per heavy atom. The van der Waals surface area contributed by atoms with Crippen molar-refractivity contribution in [3.63, 3.8) is 0 Å². The summed E-state index contributed by atoms with van der Waals surface area (Å²) in [5, 5.41) is 2.44. The molecule has 0 spiro atoms. The molecule has 1 N–H and O–H groups in total. The minimum Gasteiger partial charge on any atom is -0.441 e. The summed E-state index contributed by atoms with van der Waals surface area (Å²) in [5.41, 5.74) is 0. The van der Waals surface area contributed by atoms with Crippen molar-refractivity contribution < 1.29 is 18.4 Å². The van der Waals surface area contributed by atoms with Crippen LogP contribution in [-0.4, -0.2) is 18.4 Å². The fourth-order valence-corrected chi connectivity index (χ4v) is 0.958. The predicted molar refractivity (Wildman–Crippen MR) is 54.0 cm³/mol. The molecule has 1 rings (SSSR count). The predicted octanol–water partition coefficient (Wildman–Crippen LogP) is 0.697. The molecule has 1 aromatic rings. The first-order valence-corrected chi connectivity index (χ1v) is 4.87. The molecule has 0 aliphatic heterocycles. The zero-order valence-electron chi connectivity index (χ0n) is 8.11. The van der Waals surface area contributed by atoms with Gasteiger partial charge in [0.25, 0.3) is 0 Å². The number of rotatable bonds is 4. The van der Waals surface area contributed by atoms with Crippen LogP contribution < -0.4 is 11.1 Å². The van der Waals surface area contributed by atoms with Gasteiger partial charge < -0.3 is 18.9 Å². The van der Waals surface area contributed by atoms with E-state index in [4.69, 9.17) is 4.74 Å². The molecule has 0 fully saturated rings. The van der Waals surface area contributed by atoms with Gasteiger partial charge >= 0.3 is 11.9 Å². The largest absolute Gasteiger partial charge is 0.519 e. The molecule has 6 nitrogen and oxygen atoms in total. The fourth-order valence-electron chi connectivity index (χ4n) is 0.846. The molecule has 0 aliphatic rings. The van der Waals surface area contributed by atoms with Gasteiger partial charge in [-0.15, -0.1) is 0 Å². The number of carbonyl (C=O) groups excluding carboxylic acids is 1. The summed E-state index contributed by atoms with van der Waals surface area (Å²) in [6, 6.07) is 0. The summed E-state index contributed by atoms with van der Waals surface area (Å²) in [7, 11) is 0. The van der Waals surface area contributed by atoms with Gasteiger partial charge in [0.05, 0.1) is 0 Å². The van der Waals surface area contributed by atoms with E-state index < -0.39 is 11.9 Å². The van der Waals surface area contributed by atoms with Crippen molar-refractivity contribution in [3.8, 4) is 0 Å². The van der Waals surface area contributed by atoms with Crippen LogP contribution in [0.3, 0.4) is 0 Å². The molecule has 0 radical (unpaired) electrons. The molecule has 0 saturated carbocycles. The molecule has 0 aliphatic carbocycles. The van der Waals surface area contributed by atoms with Crippen molar-refractivity contribution in [1.82, 2.24) is 5.32 Å². The maximum absolute atomic E-state index is 11.0. The molecular formula is C8H11NO5S. The Kier molecular flexibility index (Phi) is 4.29. The molecule has 0 aromatic carbocycles. The smallest absolute Gasteiger partial charge is 0.441 e. The van der Waals surface area contributed by atoms with Crippen LogP contribution in [-0.2, 0) is 11.3 Å². The van der Waals surface area contributed by atoms with Crippen LogP contribution in [0.5, 0.6) is 0 Å². The Morgan fingerprint density at radius 2 is 2.27 bits per heavy atom. The first-order valence-electron chi connectivity index (χ1n) is 4.24. The Labute approximate surface area is 91.0 Å². The third kappa shape index (κ3) is 3.70. The van der Waals surface area contributed by atoms with Crippen LogP contribution in [0.2, 0.25) is 0 Å². The highest BCUT2D eigenvalue weighted by Gasteiger charge is 2.10. The van der Waals surface area contributed by atoms with Crippen molar-refractivity contribution in [2.75, 3.05) is 12.3 Å². The third-order valence-corrected chi connectivity index (χ3v) is 1.77. The third-order valence-electron chi connectivity index (χ3n) is 1.55. The number of thiol groups is 1. The number of hydrogen-bond donors (Lipinski definition) is 2. The second kappa shape index (κ2) is 5.50. The highest BCUT2D eigenvalue weighted by Crippen LogP contribution is 2.05. The van der Waals surface area contributed by atoms with Gasteiger partial charge in [-0.3, -0.25) is 0 Å². The van der Waals surface area contributed by atoms with Gasteiger partial charge in [0.15, 0.2) is 18.1 Å². The van der Waals surface area contributed by atoms with E-state index in [1.807, 2.05) is 0 Å². The molecular weight excluding hydrogens is 222 g/mol. The number of alkyl carbamates (subject to hydrolysis) is 1. The van der Waals surface area contributed by atoms with E-state index in [0.29, 0.717) is 18.1 Å². The lowest BCUT2D eigenvalue weighted by atomic mass is 10.4. The number of hydrogen-bond acceptors (Lipinski definition) is 6. The zero-order valence-corrected chi connectivity index (χ0v) is 9.00. The molecule has 1 aromatic heterocycles. The van der Waals surface area contributed by atoms with Crippen molar-refractivity contribution >= 4 is 18.7 Å². The fraction of sp³-hybridized carbons (Fsp3) is 0.500. The maximum Gasteiger partial charge on any atom is 0.519 e. The first-order chi connectivity index (χ1) is 7.13. The van der Waals surface area contributed by atoms with Gasteiger partial charge in [-0.05, 0) is 6.92 Å². The minimum absolute atomic E-state index is 0.129. The van der Waals surface area contributed by atoms with Crippen LogP contribution in [0, 0.1) is 6.92 Å².